The Labute approximate surface area is 113 Å². The fourth-order valence-corrected chi connectivity index (χ4v) is 2.90. The summed E-state index contributed by atoms with van der Waals surface area (Å²) in [7, 11) is 0. The lowest BCUT2D eigenvalue weighted by molar-refractivity contribution is 1.39. The molecule has 1 aromatic carbocycles. The van der Waals surface area contributed by atoms with E-state index < -0.39 is 0 Å². The van der Waals surface area contributed by atoms with Gasteiger partial charge in [-0.05, 0) is 17.7 Å². The lowest BCUT2D eigenvalue weighted by Crippen LogP contribution is -1.82. The Kier molecular flexibility index (Phi) is 4.31. The van der Waals surface area contributed by atoms with Gasteiger partial charge in [0.25, 0.3) is 0 Å². The lowest BCUT2D eigenvalue weighted by Gasteiger charge is -2.00. The first-order valence-electron chi connectivity index (χ1n) is 4.81. The largest absolute Gasteiger partial charge is 0.361 e. The number of alkyl halides is 1. The van der Waals surface area contributed by atoms with E-state index in [4.69, 9.17) is 34.8 Å². The van der Waals surface area contributed by atoms with E-state index in [9.17, 15) is 0 Å². The molecule has 1 aromatic heterocycles. The Balaban J connectivity index is 2.29. The van der Waals surface area contributed by atoms with Crippen molar-refractivity contribution in [2.75, 3.05) is 11.6 Å². The molecule has 1 N–H and O–H groups in total. The van der Waals surface area contributed by atoms with Crippen molar-refractivity contribution in [1.82, 2.24) is 4.98 Å². The third-order valence-corrected chi connectivity index (χ3v) is 4.43. The molecule has 86 valence electrons. The summed E-state index contributed by atoms with van der Waals surface area (Å²) in [4.78, 5) is 3.19. The predicted octanol–water partition coefficient (Wildman–Crippen LogP) is 4.95. The average molecular weight is 295 g/mol. The first kappa shape index (κ1) is 12.4. The van der Waals surface area contributed by atoms with E-state index in [2.05, 4.69) is 4.98 Å². The molecule has 0 saturated heterocycles. The zero-order chi connectivity index (χ0) is 11.5. The standard InChI is InChI=1S/C11H10Cl3NS/c12-1-2-16-6-7-5-15-11-4-10(14)9(13)3-8(7)11/h3-5,15H,1-2,6H2. The molecule has 16 heavy (non-hydrogen) atoms. The number of rotatable bonds is 4. The van der Waals surface area contributed by atoms with Crippen LogP contribution in [0.15, 0.2) is 18.3 Å². The van der Waals surface area contributed by atoms with Gasteiger partial charge in [0.05, 0.1) is 10.0 Å². The summed E-state index contributed by atoms with van der Waals surface area (Å²) in [5.74, 6) is 2.57. The molecule has 5 heteroatoms. The van der Waals surface area contributed by atoms with Crippen molar-refractivity contribution in [1.29, 1.82) is 0 Å². The van der Waals surface area contributed by atoms with Crippen LogP contribution in [0, 0.1) is 0 Å². The summed E-state index contributed by atoms with van der Waals surface area (Å²) >= 11 is 19.4. The summed E-state index contributed by atoms with van der Waals surface area (Å²) in [6.07, 6.45) is 2.00. The molecule has 1 heterocycles. The van der Waals surface area contributed by atoms with Crippen LogP contribution in [-0.4, -0.2) is 16.6 Å². The Morgan fingerprint density at radius 2 is 1.94 bits per heavy atom. The smallest absolute Gasteiger partial charge is 0.0613 e. The topological polar surface area (TPSA) is 15.8 Å². The maximum absolute atomic E-state index is 6.00. The summed E-state index contributed by atoms with van der Waals surface area (Å²) in [6.45, 7) is 0. The van der Waals surface area contributed by atoms with Crippen LogP contribution in [0.2, 0.25) is 10.0 Å². The molecule has 0 atom stereocenters. The van der Waals surface area contributed by atoms with E-state index >= 15 is 0 Å². The fraction of sp³-hybridized carbons (Fsp3) is 0.273. The van der Waals surface area contributed by atoms with E-state index in [1.165, 1.54) is 5.56 Å². The minimum atomic E-state index is 0.580. The normalized spacial score (nSPS) is 11.2. The molecule has 0 aliphatic carbocycles. The van der Waals surface area contributed by atoms with Crippen molar-refractivity contribution < 1.29 is 0 Å². The maximum Gasteiger partial charge on any atom is 0.0613 e. The van der Waals surface area contributed by atoms with Crippen molar-refractivity contribution in [2.24, 2.45) is 0 Å². The highest BCUT2D eigenvalue weighted by molar-refractivity contribution is 7.98. The van der Waals surface area contributed by atoms with E-state index in [-0.39, 0.29) is 0 Å². The highest BCUT2D eigenvalue weighted by Crippen LogP contribution is 2.30. The molecule has 0 unspecified atom stereocenters. The minimum Gasteiger partial charge on any atom is -0.361 e. The van der Waals surface area contributed by atoms with E-state index in [0.29, 0.717) is 15.9 Å². The maximum atomic E-state index is 6.00. The second kappa shape index (κ2) is 5.54. The zero-order valence-corrected chi connectivity index (χ0v) is 11.5. The van der Waals surface area contributed by atoms with Crippen LogP contribution in [0.5, 0.6) is 0 Å². The van der Waals surface area contributed by atoms with Gasteiger partial charge < -0.3 is 4.98 Å². The summed E-state index contributed by atoms with van der Waals surface area (Å²) < 4.78 is 0. The van der Waals surface area contributed by atoms with Gasteiger partial charge in [0, 0.05) is 34.5 Å². The molecule has 0 aliphatic rings. The van der Waals surface area contributed by atoms with E-state index in [0.717, 1.165) is 22.4 Å². The number of fused-ring (bicyclic) bond motifs is 1. The number of aromatic amines is 1. The van der Waals surface area contributed by atoms with Gasteiger partial charge in [0.2, 0.25) is 0 Å². The predicted molar refractivity (Wildman–Crippen MR) is 75.2 cm³/mol. The van der Waals surface area contributed by atoms with Crippen molar-refractivity contribution in [2.45, 2.75) is 5.75 Å². The molecule has 0 radical (unpaired) electrons. The molecule has 2 aromatic rings. The Morgan fingerprint density at radius 1 is 1.19 bits per heavy atom. The lowest BCUT2D eigenvalue weighted by atomic mass is 10.2. The number of thioether (sulfide) groups is 1. The van der Waals surface area contributed by atoms with Crippen LogP contribution in [0.1, 0.15) is 5.56 Å². The number of hydrogen-bond acceptors (Lipinski definition) is 1. The van der Waals surface area contributed by atoms with Gasteiger partial charge in [-0.2, -0.15) is 11.8 Å². The summed E-state index contributed by atoms with van der Waals surface area (Å²) in [6, 6.07) is 3.77. The number of H-pyrrole nitrogens is 1. The van der Waals surface area contributed by atoms with Gasteiger partial charge >= 0.3 is 0 Å². The highest BCUT2D eigenvalue weighted by Gasteiger charge is 2.07. The average Bonchev–Trinajstić information content (AvgIpc) is 2.63. The molecule has 0 bridgehead atoms. The Hall–Kier alpha value is -0.0200. The second-order valence-corrected chi connectivity index (χ2v) is 5.66. The Morgan fingerprint density at radius 3 is 2.69 bits per heavy atom. The highest BCUT2D eigenvalue weighted by atomic mass is 35.5. The van der Waals surface area contributed by atoms with Gasteiger partial charge in [0.15, 0.2) is 0 Å². The second-order valence-electron chi connectivity index (χ2n) is 3.37. The number of halogens is 3. The van der Waals surface area contributed by atoms with Crippen LogP contribution in [0.4, 0.5) is 0 Å². The molecule has 0 aliphatic heterocycles. The molecule has 0 fully saturated rings. The first-order chi connectivity index (χ1) is 7.72. The molecule has 0 spiro atoms. The van der Waals surface area contributed by atoms with Gasteiger partial charge in [-0.25, -0.2) is 0 Å². The summed E-state index contributed by atoms with van der Waals surface area (Å²) in [5, 5.41) is 2.31. The van der Waals surface area contributed by atoms with Crippen LogP contribution in [0.25, 0.3) is 10.9 Å². The van der Waals surface area contributed by atoms with Crippen molar-refractivity contribution in [3.8, 4) is 0 Å². The SMILES string of the molecule is ClCCSCc1c[nH]c2cc(Cl)c(Cl)cc12. The number of nitrogens with one attached hydrogen (secondary N) is 1. The number of benzene rings is 1. The molecule has 0 saturated carbocycles. The van der Waals surface area contributed by atoms with Gasteiger partial charge in [-0.15, -0.1) is 11.6 Å². The van der Waals surface area contributed by atoms with E-state index in [1.54, 1.807) is 0 Å². The van der Waals surface area contributed by atoms with Crippen LogP contribution >= 0.6 is 46.6 Å². The van der Waals surface area contributed by atoms with Crippen molar-refractivity contribution >= 4 is 57.5 Å². The van der Waals surface area contributed by atoms with Gasteiger partial charge in [-0.3, -0.25) is 0 Å². The molecular weight excluding hydrogens is 285 g/mol. The molecule has 2 rings (SSSR count). The zero-order valence-electron chi connectivity index (χ0n) is 8.40. The van der Waals surface area contributed by atoms with Gasteiger partial charge in [0.1, 0.15) is 0 Å². The van der Waals surface area contributed by atoms with Crippen LogP contribution < -0.4 is 0 Å². The third kappa shape index (κ3) is 2.62. The van der Waals surface area contributed by atoms with Crippen LogP contribution in [0.3, 0.4) is 0 Å². The molecule has 1 nitrogen and oxygen atoms in total. The number of aromatic nitrogens is 1. The van der Waals surface area contributed by atoms with Crippen molar-refractivity contribution in [3.05, 3.63) is 33.9 Å². The summed E-state index contributed by atoms with van der Waals surface area (Å²) in [5.41, 5.74) is 2.26. The van der Waals surface area contributed by atoms with Crippen molar-refractivity contribution in [3.63, 3.8) is 0 Å². The van der Waals surface area contributed by atoms with E-state index in [1.807, 2.05) is 30.1 Å². The molecule has 0 amide bonds. The third-order valence-electron chi connectivity index (χ3n) is 2.29. The van der Waals surface area contributed by atoms with Crippen LogP contribution in [-0.2, 0) is 5.75 Å². The minimum absolute atomic E-state index is 0.580. The quantitative estimate of drug-likeness (QED) is 0.623. The van der Waals surface area contributed by atoms with Gasteiger partial charge in [-0.1, -0.05) is 23.2 Å². The Bertz CT molecular complexity index is 495. The first-order valence-corrected chi connectivity index (χ1v) is 7.25. The number of hydrogen-bond donors (Lipinski definition) is 1. The fourth-order valence-electron chi connectivity index (χ4n) is 1.53. The monoisotopic (exact) mass is 293 g/mol. The molecular formula is C11H10Cl3NS.